The van der Waals surface area contributed by atoms with Crippen molar-refractivity contribution in [2.45, 2.75) is 19.3 Å². The van der Waals surface area contributed by atoms with Crippen LogP contribution in [0.3, 0.4) is 0 Å². The molecule has 1 aliphatic carbocycles. The zero-order valence-electron chi connectivity index (χ0n) is 13.1. The standard InChI is InChI=1S/C19H19BrN2O/c1-22-7-6-13-11-17(4-5-18(13)22)21-19(23)15-8-12-2-3-16(20)10-14(12)9-15/h2-5,10-11,15H,6-9H2,1H3,(H,21,23). The summed E-state index contributed by atoms with van der Waals surface area (Å²) in [6, 6.07) is 12.5. The molecule has 0 saturated carbocycles. The lowest BCUT2D eigenvalue weighted by Crippen LogP contribution is -2.23. The van der Waals surface area contributed by atoms with Gasteiger partial charge in [-0.1, -0.05) is 22.0 Å². The number of benzene rings is 2. The van der Waals surface area contributed by atoms with Crippen molar-refractivity contribution in [3.63, 3.8) is 0 Å². The van der Waals surface area contributed by atoms with E-state index in [9.17, 15) is 4.79 Å². The first kappa shape index (κ1) is 14.8. The number of carbonyl (C=O) groups is 1. The number of amides is 1. The molecule has 3 nitrogen and oxygen atoms in total. The largest absolute Gasteiger partial charge is 0.374 e. The normalized spacial score (nSPS) is 18.7. The van der Waals surface area contributed by atoms with Gasteiger partial charge in [0.2, 0.25) is 5.91 Å². The van der Waals surface area contributed by atoms with Crippen LogP contribution >= 0.6 is 15.9 Å². The maximum atomic E-state index is 12.6. The molecule has 1 aliphatic heterocycles. The van der Waals surface area contributed by atoms with Crippen LogP contribution in [0.4, 0.5) is 11.4 Å². The molecule has 1 amide bonds. The zero-order chi connectivity index (χ0) is 16.0. The number of fused-ring (bicyclic) bond motifs is 2. The van der Waals surface area contributed by atoms with E-state index in [1.54, 1.807) is 0 Å². The van der Waals surface area contributed by atoms with Gasteiger partial charge in [0.25, 0.3) is 0 Å². The molecule has 2 aliphatic rings. The average molecular weight is 371 g/mol. The molecule has 1 N–H and O–H groups in total. The molecule has 0 saturated heterocycles. The summed E-state index contributed by atoms with van der Waals surface area (Å²) in [5.74, 6) is 0.166. The van der Waals surface area contributed by atoms with Crippen molar-refractivity contribution < 1.29 is 4.79 Å². The fourth-order valence-corrected chi connectivity index (χ4v) is 4.07. The van der Waals surface area contributed by atoms with E-state index in [2.05, 4.69) is 63.5 Å². The van der Waals surface area contributed by atoms with Crippen molar-refractivity contribution >= 4 is 33.2 Å². The van der Waals surface area contributed by atoms with Gasteiger partial charge >= 0.3 is 0 Å². The molecule has 1 heterocycles. The Kier molecular flexibility index (Phi) is 3.64. The van der Waals surface area contributed by atoms with Crippen LogP contribution in [0.1, 0.15) is 16.7 Å². The number of likely N-dealkylation sites (N-methyl/N-ethyl adjacent to an activating group) is 1. The monoisotopic (exact) mass is 370 g/mol. The second-order valence-electron chi connectivity index (χ2n) is 6.52. The van der Waals surface area contributed by atoms with Gasteiger partial charge in [-0.25, -0.2) is 0 Å². The lowest BCUT2D eigenvalue weighted by molar-refractivity contribution is -0.119. The van der Waals surface area contributed by atoms with Gasteiger partial charge in [-0.3, -0.25) is 4.79 Å². The topological polar surface area (TPSA) is 32.3 Å². The number of nitrogens with zero attached hydrogens (tertiary/aromatic N) is 1. The van der Waals surface area contributed by atoms with Gasteiger partial charge in [0, 0.05) is 35.4 Å². The van der Waals surface area contributed by atoms with Gasteiger partial charge in [0.05, 0.1) is 0 Å². The molecule has 1 unspecified atom stereocenters. The summed E-state index contributed by atoms with van der Waals surface area (Å²) < 4.78 is 1.08. The van der Waals surface area contributed by atoms with Gasteiger partial charge < -0.3 is 10.2 Å². The molecule has 23 heavy (non-hydrogen) atoms. The van der Waals surface area contributed by atoms with Crippen molar-refractivity contribution in [1.82, 2.24) is 0 Å². The van der Waals surface area contributed by atoms with Gasteiger partial charge in [-0.05, 0) is 66.3 Å². The van der Waals surface area contributed by atoms with Crippen molar-refractivity contribution in [2.24, 2.45) is 5.92 Å². The zero-order valence-corrected chi connectivity index (χ0v) is 14.7. The second-order valence-corrected chi connectivity index (χ2v) is 7.44. The van der Waals surface area contributed by atoms with Crippen LogP contribution < -0.4 is 10.2 Å². The minimum Gasteiger partial charge on any atom is -0.374 e. The fraction of sp³-hybridized carbons (Fsp3) is 0.316. The van der Waals surface area contributed by atoms with E-state index in [-0.39, 0.29) is 11.8 Å². The first-order valence-corrected chi connectivity index (χ1v) is 8.82. The Morgan fingerprint density at radius 2 is 1.96 bits per heavy atom. The Balaban J connectivity index is 1.47. The predicted octanol–water partition coefficient (Wildman–Crippen LogP) is 3.79. The number of hydrogen-bond donors (Lipinski definition) is 1. The minimum absolute atomic E-state index is 0.0372. The number of anilines is 2. The molecule has 0 spiro atoms. The Morgan fingerprint density at radius 3 is 2.83 bits per heavy atom. The van der Waals surface area contributed by atoms with Crippen LogP contribution in [0.15, 0.2) is 40.9 Å². The Morgan fingerprint density at radius 1 is 1.13 bits per heavy atom. The molecule has 1 atom stereocenters. The number of nitrogens with one attached hydrogen (secondary N) is 1. The van der Waals surface area contributed by atoms with E-state index in [0.717, 1.165) is 36.0 Å². The summed E-state index contributed by atoms with van der Waals surface area (Å²) in [5, 5.41) is 3.11. The number of halogens is 1. The molecule has 0 bridgehead atoms. The highest BCUT2D eigenvalue weighted by Crippen LogP contribution is 2.32. The molecule has 2 aromatic rings. The first-order chi connectivity index (χ1) is 11.1. The van der Waals surface area contributed by atoms with Gasteiger partial charge in [-0.2, -0.15) is 0 Å². The quantitative estimate of drug-likeness (QED) is 0.871. The molecule has 118 valence electrons. The lowest BCUT2D eigenvalue weighted by Gasteiger charge is -2.14. The van der Waals surface area contributed by atoms with E-state index in [1.165, 1.54) is 22.4 Å². The van der Waals surface area contributed by atoms with E-state index in [4.69, 9.17) is 0 Å². The number of rotatable bonds is 2. The van der Waals surface area contributed by atoms with Crippen LogP contribution in [0.25, 0.3) is 0 Å². The van der Waals surface area contributed by atoms with Crippen LogP contribution in [-0.4, -0.2) is 19.5 Å². The summed E-state index contributed by atoms with van der Waals surface area (Å²) in [7, 11) is 2.11. The first-order valence-electron chi connectivity index (χ1n) is 8.02. The number of hydrogen-bond acceptors (Lipinski definition) is 2. The lowest BCUT2D eigenvalue weighted by atomic mass is 10.1. The molecule has 2 aromatic carbocycles. The maximum Gasteiger partial charge on any atom is 0.228 e. The summed E-state index contributed by atoms with van der Waals surface area (Å²) in [6.07, 6.45) is 2.72. The minimum atomic E-state index is 0.0372. The smallest absolute Gasteiger partial charge is 0.228 e. The van der Waals surface area contributed by atoms with Crippen molar-refractivity contribution in [3.8, 4) is 0 Å². The van der Waals surface area contributed by atoms with E-state index >= 15 is 0 Å². The van der Waals surface area contributed by atoms with E-state index in [1.807, 2.05) is 6.07 Å². The van der Waals surface area contributed by atoms with Crippen LogP contribution in [-0.2, 0) is 24.1 Å². The Bertz CT molecular complexity index is 787. The third-order valence-corrected chi connectivity index (χ3v) is 5.44. The highest BCUT2D eigenvalue weighted by molar-refractivity contribution is 9.10. The molecule has 0 fully saturated rings. The molecule has 4 rings (SSSR count). The van der Waals surface area contributed by atoms with E-state index in [0.29, 0.717) is 0 Å². The molecular weight excluding hydrogens is 352 g/mol. The SMILES string of the molecule is CN1CCc2cc(NC(=O)C3Cc4ccc(Br)cc4C3)ccc21. The van der Waals surface area contributed by atoms with Crippen LogP contribution in [0.2, 0.25) is 0 Å². The third kappa shape index (κ3) is 2.76. The van der Waals surface area contributed by atoms with Gasteiger partial charge in [0.1, 0.15) is 0 Å². The summed E-state index contributed by atoms with van der Waals surface area (Å²) in [4.78, 5) is 14.9. The highest BCUT2D eigenvalue weighted by Gasteiger charge is 2.27. The summed E-state index contributed by atoms with van der Waals surface area (Å²) in [5.41, 5.74) is 6.10. The predicted molar refractivity (Wildman–Crippen MR) is 97.1 cm³/mol. The van der Waals surface area contributed by atoms with Crippen molar-refractivity contribution in [3.05, 3.63) is 57.6 Å². The van der Waals surface area contributed by atoms with Crippen molar-refractivity contribution in [1.29, 1.82) is 0 Å². The third-order valence-electron chi connectivity index (χ3n) is 4.95. The van der Waals surface area contributed by atoms with Crippen LogP contribution in [0.5, 0.6) is 0 Å². The highest BCUT2D eigenvalue weighted by atomic mass is 79.9. The Labute approximate surface area is 144 Å². The van der Waals surface area contributed by atoms with Gasteiger partial charge in [-0.15, -0.1) is 0 Å². The second kappa shape index (κ2) is 5.68. The average Bonchev–Trinajstić information content (AvgIpc) is 3.11. The summed E-state index contributed by atoms with van der Waals surface area (Å²) in [6.45, 7) is 1.06. The molecule has 0 radical (unpaired) electrons. The van der Waals surface area contributed by atoms with Gasteiger partial charge in [0.15, 0.2) is 0 Å². The molecule has 0 aromatic heterocycles. The molecular formula is C19H19BrN2O. The van der Waals surface area contributed by atoms with Crippen LogP contribution in [0, 0.1) is 5.92 Å². The Hall–Kier alpha value is -1.81. The van der Waals surface area contributed by atoms with E-state index < -0.39 is 0 Å². The maximum absolute atomic E-state index is 12.6. The fourth-order valence-electron chi connectivity index (χ4n) is 3.66. The number of carbonyl (C=O) groups excluding carboxylic acids is 1. The summed E-state index contributed by atoms with van der Waals surface area (Å²) >= 11 is 3.50. The van der Waals surface area contributed by atoms with Crippen molar-refractivity contribution in [2.75, 3.05) is 23.8 Å². The molecule has 4 heteroatoms.